The van der Waals surface area contributed by atoms with Crippen molar-refractivity contribution in [3.05, 3.63) is 12.2 Å². The molecular formula is C15H31N. The highest BCUT2D eigenvalue weighted by molar-refractivity contribution is 5.06. The van der Waals surface area contributed by atoms with Crippen LogP contribution in [0.1, 0.15) is 60.8 Å². The van der Waals surface area contributed by atoms with Crippen LogP contribution in [-0.2, 0) is 0 Å². The molecule has 1 heteroatoms. The van der Waals surface area contributed by atoms with Crippen molar-refractivity contribution in [1.29, 1.82) is 0 Å². The Morgan fingerprint density at radius 3 is 1.94 bits per heavy atom. The van der Waals surface area contributed by atoms with E-state index in [1.165, 1.54) is 12.0 Å². The SMILES string of the molecule is C=C(CCCN)C(CC(C)(C)C)C(C)(C)C. The van der Waals surface area contributed by atoms with Crippen molar-refractivity contribution in [1.82, 2.24) is 0 Å². The van der Waals surface area contributed by atoms with Crippen LogP contribution in [0.25, 0.3) is 0 Å². The topological polar surface area (TPSA) is 26.0 Å². The molecule has 2 N–H and O–H groups in total. The lowest BCUT2D eigenvalue weighted by Gasteiger charge is -2.37. The van der Waals surface area contributed by atoms with E-state index in [0.29, 0.717) is 16.7 Å². The van der Waals surface area contributed by atoms with Crippen molar-refractivity contribution < 1.29 is 0 Å². The van der Waals surface area contributed by atoms with E-state index < -0.39 is 0 Å². The van der Waals surface area contributed by atoms with Crippen LogP contribution in [0.5, 0.6) is 0 Å². The summed E-state index contributed by atoms with van der Waals surface area (Å²) in [5.41, 5.74) is 7.62. The van der Waals surface area contributed by atoms with E-state index >= 15 is 0 Å². The zero-order valence-electron chi connectivity index (χ0n) is 12.2. The van der Waals surface area contributed by atoms with Crippen molar-refractivity contribution in [2.45, 2.75) is 60.8 Å². The highest BCUT2D eigenvalue weighted by Crippen LogP contribution is 2.41. The van der Waals surface area contributed by atoms with Gasteiger partial charge in [0.05, 0.1) is 0 Å². The Kier molecular flexibility index (Phi) is 5.75. The van der Waals surface area contributed by atoms with Crippen molar-refractivity contribution in [2.75, 3.05) is 6.54 Å². The van der Waals surface area contributed by atoms with Gasteiger partial charge in [-0.25, -0.2) is 0 Å². The predicted octanol–water partition coefficient (Wildman–Crippen LogP) is 4.38. The molecule has 1 atom stereocenters. The van der Waals surface area contributed by atoms with Crippen molar-refractivity contribution in [3.63, 3.8) is 0 Å². The average Bonchev–Trinajstić information content (AvgIpc) is 2.07. The lowest BCUT2D eigenvalue weighted by Crippen LogP contribution is -2.27. The van der Waals surface area contributed by atoms with Gasteiger partial charge in [-0.2, -0.15) is 0 Å². The molecule has 0 saturated carbocycles. The highest BCUT2D eigenvalue weighted by Gasteiger charge is 2.30. The number of hydrogen-bond donors (Lipinski definition) is 1. The van der Waals surface area contributed by atoms with E-state index in [9.17, 15) is 0 Å². The van der Waals surface area contributed by atoms with E-state index in [1.54, 1.807) is 0 Å². The number of allylic oxidation sites excluding steroid dienone is 1. The Morgan fingerprint density at radius 2 is 1.62 bits per heavy atom. The third-order valence-corrected chi connectivity index (χ3v) is 3.06. The second-order valence-corrected chi connectivity index (χ2v) is 7.23. The van der Waals surface area contributed by atoms with Crippen LogP contribution < -0.4 is 5.73 Å². The van der Waals surface area contributed by atoms with E-state index in [-0.39, 0.29) is 0 Å². The molecule has 0 spiro atoms. The first-order valence-corrected chi connectivity index (χ1v) is 6.45. The molecule has 0 aliphatic carbocycles. The molecule has 1 nitrogen and oxygen atoms in total. The third kappa shape index (κ3) is 6.32. The van der Waals surface area contributed by atoms with Gasteiger partial charge in [0.25, 0.3) is 0 Å². The smallest absolute Gasteiger partial charge is 0.00742 e. The molecule has 0 aromatic rings. The van der Waals surface area contributed by atoms with Gasteiger partial charge in [-0.1, -0.05) is 53.7 Å². The molecule has 96 valence electrons. The summed E-state index contributed by atoms with van der Waals surface area (Å²) in [5, 5.41) is 0. The zero-order valence-corrected chi connectivity index (χ0v) is 12.2. The molecule has 0 rings (SSSR count). The Hall–Kier alpha value is -0.300. The molecule has 0 aliphatic heterocycles. The molecule has 0 aliphatic rings. The predicted molar refractivity (Wildman–Crippen MR) is 74.4 cm³/mol. The number of nitrogens with two attached hydrogens (primary N) is 1. The fourth-order valence-corrected chi connectivity index (χ4v) is 2.18. The van der Waals surface area contributed by atoms with E-state index in [4.69, 9.17) is 5.73 Å². The van der Waals surface area contributed by atoms with Crippen molar-refractivity contribution in [2.24, 2.45) is 22.5 Å². The summed E-state index contributed by atoms with van der Waals surface area (Å²) < 4.78 is 0. The van der Waals surface area contributed by atoms with Gasteiger partial charge in [-0.05, 0) is 42.6 Å². The maximum absolute atomic E-state index is 5.57. The molecule has 0 aromatic carbocycles. The van der Waals surface area contributed by atoms with Crippen LogP contribution >= 0.6 is 0 Å². The quantitative estimate of drug-likeness (QED) is 0.690. The first kappa shape index (κ1) is 15.7. The standard InChI is InChI=1S/C15H31N/c1-12(9-8-10-16)13(15(5,6)7)11-14(2,3)4/h13H,1,8-11,16H2,2-7H3. The fourth-order valence-electron chi connectivity index (χ4n) is 2.18. The molecule has 0 radical (unpaired) electrons. The first-order valence-electron chi connectivity index (χ1n) is 6.45. The molecule has 16 heavy (non-hydrogen) atoms. The summed E-state index contributed by atoms with van der Waals surface area (Å²) in [6.07, 6.45) is 3.35. The van der Waals surface area contributed by atoms with Crippen LogP contribution in [0.4, 0.5) is 0 Å². The normalized spacial score (nSPS) is 14.9. The van der Waals surface area contributed by atoms with Gasteiger partial charge in [-0.3, -0.25) is 0 Å². The summed E-state index contributed by atoms with van der Waals surface area (Å²) >= 11 is 0. The summed E-state index contributed by atoms with van der Waals surface area (Å²) in [6.45, 7) is 18.9. The molecular weight excluding hydrogens is 194 g/mol. The lowest BCUT2D eigenvalue weighted by atomic mass is 9.68. The molecule has 1 unspecified atom stereocenters. The van der Waals surface area contributed by atoms with Crippen molar-refractivity contribution in [3.8, 4) is 0 Å². The second kappa shape index (κ2) is 5.86. The number of hydrogen-bond acceptors (Lipinski definition) is 1. The molecule has 0 fully saturated rings. The summed E-state index contributed by atoms with van der Waals surface area (Å²) in [7, 11) is 0. The van der Waals surface area contributed by atoms with E-state index in [1.807, 2.05) is 0 Å². The number of rotatable bonds is 5. The molecule has 0 heterocycles. The van der Waals surface area contributed by atoms with Gasteiger partial charge in [0.1, 0.15) is 0 Å². The lowest BCUT2D eigenvalue weighted by molar-refractivity contribution is 0.193. The summed E-state index contributed by atoms with van der Waals surface area (Å²) in [6, 6.07) is 0. The van der Waals surface area contributed by atoms with Crippen LogP contribution in [0.3, 0.4) is 0 Å². The summed E-state index contributed by atoms with van der Waals surface area (Å²) in [4.78, 5) is 0. The largest absolute Gasteiger partial charge is 0.330 e. The Labute approximate surface area is 102 Å². The minimum absolute atomic E-state index is 0.305. The van der Waals surface area contributed by atoms with Crippen LogP contribution in [-0.4, -0.2) is 6.54 Å². The second-order valence-electron chi connectivity index (χ2n) is 7.23. The molecule has 0 bridgehead atoms. The van der Waals surface area contributed by atoms with E-state index in [2.05, 4.69) is 48.1 Å². The zero-order chi connectivity index (χ0) is 13.0. The van der Waals surface area contributed by atoms with Gasteiger partial charge in [0.2, 0.25) is 0 Å². The fraction of sp³-hybridized carbons (Fsp3) is 0.867. The van der Waals surface area contributed by atoms with Crippen LogP contribution in [0.15, 0.2) is 12.2 Å². The van der Waals surface area contributed by atoms with Crippen LogP contribution in [0, 0.1) is 16.7 Å². The van der Waals surface area contributed by atoms with Gasteiger partial charge in [0.15, 0.2) is 0 Å². The minimum atomic E-state index is 0.305. The van der Waals surface area contributed by atoms with Gasteiger partial charge in [-0.15, -0.1) is 0 Å². The maximum atomic E-state index is 5.57. The van der Waals surface area contributed by atoms with Crippen LogP contribution in [0.2, 0.25) is 0 Å². The third-order valence-electron chi connectivity index (χ3n) is 3.06. The van der Waals surface area contributed by atoms with E-state index in [0.717, 1.165) is 19.4 Å². The monoisotopic (exact) mass is 225 g/mol. The molecule has 0 aromatic heterocycles. The van der Waals surface area contributed by atoms with Gasteiger partial charge >= 0.3 is 0 Å². The van der Waals surface area contributed by atoms with Gasteiger partial charge < -0.3 is 5.73 Å². The summed E-state index contributed by atoms with van der Waals surface area (Å²) in [5.74, 6) is 0.596. The van der Waals surface area contributed by atoms with Gasteiger partial charge in [0, 0.05) is 0 Å². The Bertz CT molecular complexity index is 215. The molecule has 0 saturated heterocycles. The highest BCUT2D eigenvalue weighted by atomic mass is 14.5. The minimum Gasteiger partial charge on any atom is -0.330 e. The maximum Gasteiger partial charge on any atom is -0.00742 e. The average molecular weight is 225 g/mol. The Balaban J connectivity index is 4.62. The van der Waals surface area contributed by atoms with Crippen molar-refractivity contribution >= 4 is 0 Å². The Morgan fingerprint density at radius 1 is 1.12 bits per heavy atom. The molecule has 0 amide bonds. The first-order chi connectivity index (χ1) is 7.08.